The maximum atomic E-state index is 5.75. The highest BCUT2D eigenvalue weighted by Gasteiger charge is 2.22. The zero-order valence-electron chi connectivity index (χ0n) is 11.7. The molecule has 2 aliphatic rings. The van der Waals surface area contributed by atoms with Gasteiger partial charge in [0.25, 0.3) is 0 Å². The summed E-state index contributed by atoms with van der Waals surface area (Å²) < 4.78 is 11.4. The van der Waals surface area contributed by atoms with Crippen molar-refractivity contribution in [1.29, 1.82) is 0 Å². The summed E-state index contributed by atoms with van der Waals surface area (Å²) in [6, 6.07) is 6.74. The molecule has 1 atom stereocenters. The molecule has 0 spiro atoms. The van der Waals surface area contributed by atoms with Crippen molar-refractivity contribution in [2.24, 2.45) is 5.92 Å². The normalized spacial score (nSPS) is 20.5. The molecular weight excluding hydrogens is 238 g/mol. The largest absolute Gasteiger partial charge is 0.486 e. The van der Waals surface area contributed by atoms with Crippen LogP contribution in [0.4, 0.5) is 0 Å². The molecule has 0 bridgehead atoms. The second kappa shape index (κ2) is 5.83. The number of hydrogen-bond acceptors (Lipinski definition) is 3. The molecule has 3 rings (SSSR count). The lowest BCUT2D eigenvalue weighted by Gasteiger charge is -2.24. The molecule has 1 saturated carbocycles. The monoisotopic (exact) mass is 261 g/mol. The van der Waals surface area contributed by atoms with E-state index in [0.29, 0.717) is 19.3 Å². The van der Waals surface area contributed by atoms with Crippen LogP contribution in [0.15, 0.2) is 18.2 Å². The van der Waals surface area contributed by atoms with Crippen LogP contribution in [0, 0.1) is 5.92 Å². The Balaban J connectivity index is 1.63. The quantitative estimate of drug-likeness (QED) is 0.903. The summed E-state index contributed by atoms with van der Waals surface area (Å²) in [5.74, 6) is 2.66. The van der Waals surface area contributed by atoms with E-state index in [1.165, 1.54) is 31.2 Å². The molecule has 1 aromatic rings. The molecule has 0 unspecified atom stereocenters. The number of hydrogen-bond donors (Lipinski definition) is 1. The predicted molar refractivity (Wildman–Crippen MR) is 75.7 cm³/mol. The molecule has 1 aromatic carbocycles. The average Bonchev–Trinajstić information content (AvgIpc) is 2.99. The number of fused-ring (bicyclic) bond motifs is 1. The molecule has 1 aliphatic heterocycles. The van der Waals surface area contributed by atoms with Crippen molar-refractivity contribution in [3.05, 3.63) is 23.8 Å². The van der Waals surface area contributed by atoms with Crippen LogP contribution in [0.3, 0.4) is 0 Å². The molecule has 0 radical (unpaired) electrons. The Bertz CT molecular complexity index is 427. The first-order chi connectivity index (χ1) is 9.34. The van der Waals surface area contributed by atoms with Crippen LogP contribution in [0.5, 0.6) is 11.5 Å². The summed E-state index contributed by atoms with van der Waals surface area (Å²) in [5, 5.41) is 3.66. The van der Waals surface area contributed by atoms with Crippen LogP contribution in [0.2, 0.25) is 0 Å². The highest BCUT2D eigenvalue weighted by Crippen LogP contribution is 2.34. The van der Waals surface area contributed by atoms with Crippen molar-refractivity contribution in [2.45, 2.75) is 45.2 Å². The fraction of sp³-hybridized carbons (Fsp3) is 0.625. The molecule has 3 nitrogen and oxygen atoms in total. The minimum absolute atomic E-state index is 0.586. The van der Waals surface area contributed by atoms with Gasteiger partial charge in [-0.15, -0.1) is 0 Å². The zero-order valence-corrected chi connectivity index (χ0v) is 11.7. The van der Waals surface area contributed by atoms with Gasteiger partial charge < -0.3 is 14.8 Å². The van der Waals surface area contributed by atoms with Crippen molar-refractivity contribution in [1.82, 2.24) is 5.32 Å². The fourth-order valence-electron chi connectivity index (χ4n) is 3.17. The molecule has 3 heteroatoms. The Morgan fingerprint density at radius 3 is 2.84 bits per heavy atom. The minimum Gasteiger partial charge on any atom is -0.486 e. The number of benzene rings is 1. The molecule has 0 amide bonds. The number of rotatable bonds is 4. The van der Waals surface area contributed by atoms with Gasteiger partial charge in [0, 0.05) is 18.2 Å². The number of para-hydroxylation sites is 1. The number of ether oxygens (including phenoxy) is 2. The standard InChI is InChI=1S/C16H23NO2/c1-12(13-5-2-3-6-13)17-11-14-7-4-8-15-16(14)19-10-9-18-15/h4,7-8,12-13,17H,2-3,5-6,9-11H2,1H3/t12-/m1/s1. The third-order valence-corrected chi connectivity index (χ3v) is 4.37. The van der Waals surface area contributed by atoms with Gasteiger partial charge in [0.05, 0.1) is 0 Å². The Hall–Kier alpha value is -1.22. The lowest BCUT2D eigenvalue weighted by molar-refractivity contribution is 0.169. The fourth-order valence-corrected chi connectivity index (χ4v) is 3.17. The van der Waals surface area contributed by atoms with E-state index in [1.54, 1.807) is 0 Å². The van der Waals surface area contributed by atoms with Crippen molar-refractivity contribution in [3.63, 3.8) is 0 Å². The van der Waals surface area contributed by atoms with Crippen molar-refractivity contribution in [3.8, 4) is 11.5 Å². The molecule has 1 aliphatic carbocycles. The van der Waals surface area contributed by atoms with Crippen LogP contribution in [0.1, 0.15) is 38.2 Å². The van der Waals surface area contributed by atoms with Crippen LogP contribution in [-0.4, -0.2) is 19.3 Å². The summed E-state index contributed by atoms with van der Waals surface area (Å²) in [6.45, 7) is 4.48. The Labute approximate surface area is 115 Å². The Morgan fingerprint density at radius 2 is 2.00 bits per heavy atom. The summed E-state index contributed by atoms with van der Waals surface area (Å²) in [5.41, 5.74) is 1.21. The summed E-state index contributed by atoms with van der Waals surface area (Å²) in [6.07, 6.45) is 5.55. The third kappa shape index (κ3) is 2.86. The van der Waals surface area contributed by atoms with Gasteiger partial charge >= 0.3 is 0 Å². The lowest BCUT2D eigenvalue weighted by atomic mass is 9.99. The van der Waals surface area contributed by atoms with Crippen molar-refractivity contribution in [2.75, 3.05) is 13.2 Å². The third-order valence-electron chi connectivity index (χ3n) is 4.37. The van der Waals surface area contributed by atoms with Gasteiger partial charge in [0.15, 0.2) is 11.5 Å². The molecule has 19 heavy (non-hydrogen) atoms. The smallest absolute Gasteiger partial charge is 0.165 e. The van der Waals surface area contributed by atoms with Gasteiger partial charge in [-0.1, -0.05) is 25.0 Å². The van der Waals surface area contributed by atoms with Gasteiger partial charge in [-0.2, -0.15) is 0 Å². The van der Waals surface area contributed by atoms with Crippen molar-refractivity contribution < 1.29 is 9.47 Å². The first-order valence-electron chi connectivity index (χ1n) is 7.45. The Morgan fingerprint density at radius 1 is 1.21 bits per heavy atom. The topological polar surface area (TPSA) is 30.5 Å². The van der Waals surface area contributed by atoms with Gasteiger partial charge in [-0.3, -0.25) is 0 Å². The zero-order chi connectivity index (χ0) is 13.1. The highest BCUT2D eigenvalue weighted by atomic mass is 16.6. The van der Waals surface area contributed by atoms with E-state index in [2.05, 4.69) is 18.3 Å². The molecule has 1 heterocycles. The second-order valence-corrected chi connectivity index (χ2v) is 5.66. The number of nitrogens with one attached hydrogen (secondary N) is 1. The lowest BCUT2D eigenvalue weighted by Crippen LogP contribution is -2.32. The Kier molecular flexibility index (Phi) is 3.92. The molecule has 1 N–H and O–H groups in total. The van der Waals surface area contributed by atoms with E-state index in [1.807, 2.05) is 12.1 Å². The first-order valence-corrected chi connectivity index (χ1v) is 7.45. The van der Waals surface area contributed by atoms with Crippen LogP contribution < -0.4 is 14.8 Å². The average molecular weight is 261 g/mol. The van der Waals surface area contributed by atoms with Crippen LogP contribution in [0.25, 0.3) is 0 Å². The predicted octanol–water partition coefficient (Wildman–Crippen LogP) is 3.13. The maximum absolute atomic E-state index is 5.75. The first kappa shape index (κ1) is 12.8. The summed E-state index contributed by atoms with van der Waals surface area (Å²) in [7, 11) is 0. The van der Waals surface area contributed by atoms with E-state index >= 15 is 0 Å². The minimum atomic E-state index is 0.586. The maximum Gasteiger partial charge on any atom is 0.165 e. The molecule has 104 valence electrons. The van der Waals surface area contributed by atoms with Crippen LogP contribution >= 0.6 is 0 Å². The van der Waals surface area contributed by atoms with E-state index < -0.39 is 0 Å². The molecule has 0 aromatic heterocycles. The highest BCUT2D eigenvalue weighted by molar-refractivity contribution is 5.47. The van der Waals surface area contributed by atoms with Gasteiger partial charge in [-0.25, -0.2) is 0 Å². The van der Waals surface area contributed by atoms with Crippen LogP contribution in [-0.2, 0) is 6.54 Å². The van der Waals surface area contributed by atoms with E-state index in [9.17, 15) is 0 Å². The van der Waals surface area contributed by atoms with Gasteiger partial charge in [0.1, 0.15) is 13.2 Å². The molecular formula is C16H23NO2. The van der Waals surface area contributed by atoms with Gasteiger partial charge in [0.2, 0.25) is 0 Å². The van der Waals surface area contributed by atoms with Gasteiger partial charge in [-0.05, 0) is 31.7 Å². The van der Waals surface area contributed by atoms with E-state index in [-0.39, 0.29) is 0 Å². The second-order valence-electron chi connectivity index (χ2n) is 5.66. The van der Waals surface area contributed by atoms with E-state index in [4.69, 9.17) is 9.47 Å². The molecule has 0 saturated heterocycles. The summed E-state index contributed by atoms with van der Waals surface area (Å²) >= 11 is 0. The molecule has 1 fully saturated rings. The van der Waals surface area contributed by atoms with E-state index in [0.717, 1.165) is 24.0 Å². The van der Waals surface area contributed by atoms with Crippen molar-refractivity contribution >= 4 is 0 Å². The SMILES string of the molecule is C[C@@H](NCc1cccc2c1OCCO2)C1CCCC1. The summed E-state index contributed by atoms with van der Waals surface area (Å²) in [4.78, 5) is 0.